The van der Waals surface area contributed by atoms with Crippen LogP contribution in [0.5, 0.6) is 5.75 Å². The smallest absolute Gasteiger partial charge is 0.450 e. The van der Waals surface area contributed by atoms with Crippen LogP contribution >= 0.6 is 0 Å². The molecule has 0 saturated heterocycles. The molecule has 1 unspecified atom stereocenters. The summed E-state index contributed by atoms with van der Waals surface area (Å²) in [6.07, 6.45) is 4.95. The normalized spacial score (nSPS) is 17.7. The molecule has 0 saturated carbocycles. The van der Waals surface area contributed by atoms with E-state index in [1.807, 2.05) is 50.5 Å². The second-order valence-corrected chi connectivity index (χ2v) is 11.0. The number of allylic oxidation sites excluding steroid dienone is 3. The molecule has 8 heteroatoms. The highest BCUT2D eigenvalue weighted by atomic mass is 16.7. The summed E-state index contributed by atoms with van der Waals surface area (Å²) in [6.45, 7) is 21.3. The van der Waals surface area contributed by atoms with Crippen molar-refractivity contribution < 1.29 is 28.9 Å². The van der Waals surface area contributed by atoms with Crippen molar-refractivity contribution in [2.24, 2.45) is 5.92 Å². The van der Waals surface area contributed by atoms with Gasteiger partial charge in [-0.25, -0.2) is 9.59 Å². The highest BCUT2D eigenvalue weighted by Gasteiger charge is 2.35. The van der Waals surface area contributed by atoms with Gasteiger partial charge in [-0.2, -0.15) is 0 Å². The Balaban J connectivity index is 2.81. The molecule has 1 aromatic carbocycles. The van der Waals surface area contributed by atoms with Crippen molar-refractivity contribution in [3.8, 4) is 5.75 Å². The third-order valence-corrected chi connectivity index (χ3v) is 8.09. The van der Waals surface area contributed by atoms with Crippen LogP contribution in [0, 0.1) is 5.92 Å². The van der Waals surface area contributed by atoms with Crippen molar-refractivity contribution >= 4 is 12.3 Å². The molecule has 1 N–H and O–H groups in total. The molecule has 0 amide bonds. The van der Waals surface area contributed by atoms with Crippen molar-refractivity contribution in [3.63, 3.8) is 0 Å². The van der Waals surface area contributed by atoms with Crippen LogP contribution < -0.4 is 4.74 Å². The first kappa shape index (κ1) is 34.4. The first-order valence-corrected chi connectivity index (χ1v) is 15.3. The van der Waals surface area contributed by atoms with E-state index in [-0.39, 0.29) is 18.6 Å². The molecule has 3 atom stereocenters. The van der Waals surface area contributed by atoms with Crippen LogP contribution in [-0.4, -0.2) is 60.1 Å². The standard InChI is InChI=1S/C33H52N2O6/c1-9-14-15-16-25-20-28(31(41-32(36)37)35(12-4)13-5)30(27-19-24(8)17-18-26(27)23(6)7)29(21-25)40-33(38)39-22-34(10-2)11-3/h19-21,26-27,31H,6,9-18,22H2,1-5,7-8H3,(H,36,37)/t26-,27+,31?/m0/s1. The van der Waals surface area contributed by atoms with Gasteiger partial charge < -0.3 is 19.3 Å². The summed E-state index contributed by atoms with van der Waals surface area (Å²) in [6, 6.07) is 3.98. The highest BCUT2D eigenvalue weighted by molar-refractivity contribution is 5.66. The molecule has 0 bridgehead atoms. The van der Waals surface area contributed by atoms with Crippen LogP contribution in [0.15, 0.2) is 35.9 Å². The number of benzene rings is 1. The molecule has 2 rings (SSSR count). The Morgan fingerprint density at radius 2 is 1.76 bits per heavy atom. The second-order valence-electron chi connectivity index (χ2n) is 11.0. The van der Waals surface area contributed by atoms with Crippen molar-refractivity contribution in [2.45, 2.75) is 99.1 Å². The zero-order valence-corrected chi connectivity index (χ0v) is 26.3. The van der Waals surface area contributed by atoms with Gasteiger partial charge in [0.2, 0.25) is 0 Å². The average Bonchev–Trinajstić information content (AvgIpc) is 2.93. The number of hydrogen-bond acceptors (Lipinski definition) is 7. The fourth-order valence-electron chi connectivity index (χ4n) is 5.64. The van der Waals surface area contributed by atoms with E-state index in [0.717, 1.165) is 68.3 Å². The summed E-state index contributed by atoms with van der Waals surface area (Å²) >= 11 is 0. The zero-order chi connectivity index (χ0) is 30.5. The van der Waals surface area contributed by atoms with Gasteiger partial charge in [-0.05, 0) is 83.3 Å². The van der Waals surface area contributed by atoms with Crippen LogP contribution in [0.1, 0.15) is 109 Å². The molecule has 0 fully saturated rings. The summed E-state index contributed by atoms with van der Waals surface area (Å²) in [5.41, 5.74) is 4.70. The zero-order valence-electron chi connectivity index (χ0n) is 26.3. The number of carbonyl (C=O) groups excluding carboxylic acids is 1. The summed E-state index contributed by atoms with van der Waals surface area (Å²) in [4.78, 5) is 29.1. The van der Waals surface area contributed by atoms with Gasteiger partial charge in [-0.1, -0.05) is 77.3 Å². The van der Waals surface area contributed by atoms with E-state index in [1.54, 1.807) is 0 Å². The van der Waals surface area contributed by atoms with E-state index in [4.69, 9.17) is 14.2 Å². The van der Waals surface area contributed by atoms with Crippen molar-refractivity contribution in [2.75, 3.05) is 32.9 Å². The maximum absolute atomic E-state index is 13.1. The van der Waals surface area contributed by atoms with Gasteiger partial charge in [-0.3, -0.25) is 9.80 Å². The van der Waals surface area contributed by atoms with E-state index in [0.29, 0.717) is 24.4 Å². The van der Waals surface area contributed by atoms with Crippen LogP contribution in [-0.2, 0) is 15.9 Å². The number of ether oxygens (including phenoxy) is 3. The van der Waals surface area contributed by atoms with Crippen LogP contribution in [0.3, 0.4) is 0 Å². The molecule has 230 valence electrons. The first-order valence-electron chi connectivity index (χ1n) is 15.3. The predicted octanol–water partition coefficient (Wildman–Crippen LogP) is 8.29. The molecule has 41 heavy (non-hydrogen) atoms. The molecule has 1 aliphatic rings. The van der Waals surface area contributed by atoms with E-state index in [9.17, 15) is 14.7 Å². The summed E-state index contributed by atoms with van der Waals surface area (Å²) in [5, 5.41) is 9.81. The largest absolute Gasteiger partial charge is 0.515 e. The fraction of sp³-hybridized carbons (Fsp3) is 0.636. The summed E-state index contributed by atoms with van der Waals surface area (Å²) < 4.78 is 17.1. The van der Waals surface area contributed by atoms with Gasteiger partial charge in [0.05, 0.1) is 0 Å². The molecule has 0 aromatic heterocycles. The molecule has 8 nitrogen and oxygen atoms in total. The molecule has 0 spiro atoms. The molecule has 1 aromatic rings. The molecular formula is C33H52N2O6. The first-order chi connectivity index (χ1) is 19.6. The fourth-order valence-corrected chi connectivity index (χ4v) is 5.64. The summed E-state index contributed by atoms with van der Waals surface area (Å²) in [7, 11) is 0. The highest BCUT2D eigenvalue weighted by Crippen LogP contribution is 2.47. The Hall–Kier alpha value is -2.84. The number of unbranched alkanes of at least 4 members (excludes halogenated alkanes) is 2. The minimum Gasteiger partial charge on any atom is -0.450 e. The van der Waals surface area contributed by atoms with Gasteiger partial charge in [0, 0.05) is 17.0 Å². The number of carboxylic acid groups (broad SMARTS) is 1. The molecule has 0 heterocycles. The van der Waals surface area contributed by atoms with Crippen molar-refractivity contribution in [3.05, 3.63) is 52.6 Å². The van der Waals surface area contributed by atoms with E-state index in [1.165, 1.54) is 5.57 Å². The molecule has 0 aliphatic heterocycles. The van der Waals surface area contributed by atoms with Crippen LogP contribution in [0.25, 0.3) is 0 Å². The van der Waals surface area contributed by atoms with Gasteiger partial charge >= 0.3 is 12.3 Å². The van der Waals surface area contributed by atoms with Crippen LogP contribution in [0.2, 0.25) is 0 Å². The number of rotatable bonds is 16. The third-order valence-electron chi connectivity index (χ3n) is 8.09. The number of nitrogens with zero attached hydrogens (tertiary/aromatic N) is 2. The molecule has 0 radical (unpaired) electrons. The molecule has 1 aliphatic carbocycles. The quantitative estimate of drug-likeness (QED) is 0.0696. The van der Waals surface area contributed by atoms with Gasteiger partial charge in [0.15, 0.2) is 6.23 Å². The van der Waals surface area contributed by atoms with Gasteiger partial charge in [0.25, 0.3) is 0 Å². The second kappa shape index (κ2) is 17.2. The SMILES string of the molecule is C=C(C)[C@@H]1CCC(C)=C[C@H]1c1c(OC(=O)OCN(CC)CC)cc(CCCCC)cc1C(OC(=O)O)N(CC)CC. The topological polar surface area (TPSA) is 88.5 Å². The Kier molecular flexibility index (Phi) is 14.4. The minimum absolute atomic E-state index is 0.0969. The summed E-state index contributed by atoms with van der Waals surface area (Å²) in [5.74, 6) is 0.327. The predicted molar refractivity (Wildman–Crippen MR) is 163 cm³/mol. The maximum Gasteiger partial charge on any atom is 0.515 e. The Labute approximate surface area is 247 Å². The van der Waals surface area contributed by atoms with Crippen molar-refractivity contribution in [1.82, 2.24) is 9.80 Å². The Bertz CT molecular complexity index is 1040. The number of hydrogen-bond donors (Lipinski definition) is 1. The Morgan fingerprint density at radius 1 is 1.07 bits per heavy atom. The van der Waals surface area contributed by atoms with Gasteiger partial charge in [0.1, 0.15) is 12.5 Å². The lowest BCUT2D eigenvalue weighted by Gasteiger charge is -2.36. The average molecular weight is 573 g/mol. The third kappa shape index (κ3) is 9.89. The minimum atomic E-state index is -1.35. The van der Waals surface area contributed by atoms with E-state index >= 15 is 0 Å². The van der Waals surface area contributed by atoms with Crippen LogP contribution in [0.4, 0.5) is 9.59 Å². The van der Waals surface area contributed by atoms with E-state index in [2.05, 4.69) is 32.6 Å². The molecular weight excluding hydrogens is 520 g/mol. The lowest BCUT2D eigenvalue weighted by atomic mass is 9.72. The maximum atomic E-state index is 13.1. The lowest BCUT2D eigenvalue weighted by molar-refractivity contribution is -0.0345. The Morgan fingerprint density at radius 3 is 2.32 bits per heavy atom. The van der Waals surface area contributed by atoms with E-state index < -0.39 is 18.5 Å². The van der Waals surface area contributed by atoms with Crippen molar-refractivity contribution in [1.29, 1.82) is 0 Å². The van der Waals surface area contributed by atoms with Gasteiger partial charge in [-0.15, -0.1) is 0 Å². The monoisotopic (exact) mass is 572 g/mol. The number of carbonyl (C=O) groups is 2. The lowest BCUT2D eigenvalue weighted by Crippen LogP contribution is -2.33. The number of aryl methyl sites for hydroxylation is 1.